The number of alkyl halides is 3. The molecule has 1 aliphatic rings. The summed E-state index contributed by atoms with van der Waals surface area (Å²) in [5.41, 5.74) is 0.884. The number of halogens is 4. The van der Waals surface area contributed by atoms with Gasteiger partial charge in [-0.15, -0.1) is 0 Å². The predicted octanol–water partition coefficient (Wildman–Crippen LogP) is 5.84. The van der Waals surface area contributed by atoms with Gasteiger partial charge in [0.1, 0.15) is 17.7 Å². The van der Waals surface area contributed by atoms with Crippen LogP contribution >= 0.6 is 0 Å². The number of nitrogens with one attached hydrogen (secondary N) is 2. The molecule has 230 valence electrons. The van der Waals surface area contributed by atoms with Crippen LogP contribution in [-0.2, 0) is 12.7 Å². The standard InChI is InChI=1S/C31H34F4N4O4/c1-19-15-39(20(2)18-40)29(41)26-14-25(37-30(42)36-24-10-8-23(32)9-11-24)12-13-27(26)43-28(19)17-38(3)16-21-4-6-22(7-5-21)31(33,34)35/h4-14,19-20,28,40H,15-18H2,1-3H3,(H2,36,37,42)/t19-,20+,28+/m1/s1. The molecule has 0 radical (unpaired) electrons. The fourth-order valence-corrected chi connectivity index (χ4v) is 4.83. The minimum Gasteiger partial charge on any atom is -0.488 e. The van der Waals surface area contributed by atoms with Gasteiger partial charge in [0.05, 0.1) is 23.8 Å². The first kappa shape index (κ1) is 31.8. The number of carbonyl (C=O) groups is 2. The van der Waals surface area contributed by atoms with E-state index in [1.807, 2.05) is 18.9 Å². The molecule has 3 aromatic rings. The highest BCUT2D eigenvalue weighted by Crippen LogP contribution is 2.32. The molecule has 0 saturated heterocycles. The molecule has 12 heteroatoms. The zero-order valence-electron chi connectivity index (χ0n) is 24.0. The normalized spacial score (nSPS) is 17.9. The number of carbonyl (C=O) groups excluding carboxylic acids is 2. The van der Waals surface area contributed by atoms with Crippen molar-refractivity contribution in [3.05, 3.63) is 89.2 Å². The molecular formula is C31H34F4N4O4. The van der Waals surface area contributed by atoms with Crippen LogP contribution < -0.4 is 15.4 Å². The van der Waals surface area contributed by atoms with E-state index in [0.29, 0.717) is 35.8 Å². The maximum Gasteiger partial charge on any atom is 0.416 e. The van der Waals surface area contributed by atoms with E-state index in [2.05, 4.69) is 10.6 Å². The lowest BCUT2D eigenvalue weighted by molar-refractivity contribution is -0.137. The molecule has 0 aliphatic carbocycles. The molecule has 4 rings (SSSR count). The minimum atomic E-state index is -4.41. The number of nitrogens with zero attached hydrogens (tertiary/aromatic N) is 2. The van der Waals surface area contributed by atoms with Gasteiger partial charge in [-0.25, -0.2) is 9.18 Å². The SMILES string of the molecule is C[C@@H]1CN([C@@H](C)CO)C(=O)c2cc(NC(=O)Nc3ccc(F)cc3)ccc2O[C@H]1CN(C)Cc1ccc(C(F)(F)F)cc1. The van der Waals surface area contributed by atoms with Gasteiger partial charge in [-0.05, 0) is 74.1 Å². The lowest BCUT2D eigenvalue weighted by atomic mass is 9.99. The molecular weight excluding hydrogens is 568 g/mol. The Kier molecular flexibility index (Phi) is 9.92. The molecule has 0 unspecified atom stereocenters. The maximum absolute atomic E-state index is 13.6. The van der Waals surface area contributed by atoms with Gasteiger partial charge in [-0.1, -0.05) is 19.1 Å². The van der Waals surface area contributed by atoms with Gasteiger partial charge in [0.25, 0.3) is 5.91 Å². The molecule has 0 bridgehead atoms. The van der Waals surface area contributed by atoms with E-state index in [0.717, 1.165) is 12.1 Å². The summed E-state index contributed by atoms with van der Waals surface area (Å²) in [6.07, 6.45) is -4.82. The van der Waals surface area contributed by atoms with E-state index in [1.54, 1.807) is 24.0 Å². The summed E-state index contributed by atoms with van der Waals surface area (Å²) in [6, 6.07) is 13.8. The number of hydrogen-bond acceptors (Lipinski definition) is 5. The Balaban J connectivity index is 1.53. The quantitative estimate of drug-likeness (QED) is 0.282. The lowest BCUT2D eigenvalue weighted by Gasteiger charge is -2.38. The Labute approximate surface area is 247 Å². The van der Waals surface area contributed by atoms with Crippen molar-refractivity contribution < 1.29 is 37.0 Å². The molecule has 0 spiro atoms. The van der Waals surface area contributed by atoms with Crippen LogP contribution in [0.1, 0.15) is 35.3 Å². The lowest BCUT2D eigenvalue weighted by Crippen LogP contribution is -2.49. The highest BCUT2D eigenvalue weighted by molar-refractivity contribution is 6.02. The molecule has 0 fully saturated rings. The van der Waals surface area contributed by atoms with Crippen molar-refractivity contribution in [3.8, 4) is 5.75 Å². The van der Waals surface area contributed by atoms with Gasteiger partial charge in [0.2, 0.25) is 0 Å². The van der Waals surface area contributed by atoms with Crippen LogP contribution in [0.15, 0.2) is 66.7 Å². The van der Waals surface area contributed by atoms with Gasteiger partial charge < -0.3 is 25.4 Å². The number of rotatable bonds is 8. The number of hydrogen-bond donors (Lipinski definition) is 3. The second kappa shape index (κ2) is 13.4. The van der Waals surface area contributed by atoms with E-state index < -0.39 is 35.7 Å². The van der Waals surface area contributed by atoms with E-state index in [4.69, 9.17) is 4.74 Å². The summed E-state index contributed by atoms with van der Waals surface area (Å²) < 4.78 is 58.4. The summed E-state index contributed by atoms with van der Waals surface area (Å²) in [6.45, 7) is 4.46. The summed E-state index contributed by atoms with van der Waals surface area (Å²) in [5.74, 6) is -0.682. The minimum absolute atomic E-state index is 0.166. The van der Waals surface area contributed by atoms with Crippen LogP contribution in [0.2, 0.25) is 0 Å². The van der Waals surface area contributed by atoms with E-state index in [1.165, 1.54) is 42.5 Å². The Bertz CT molecular complexity index is 1420. The number of amides is 3. The summed E-state index contributed by atoms with van der Waals surface area (Å²) in [7, 11) is 1.83. The highest BCUT2D eigenvalue weighted by atomic mass is 19.4. The smallest absolute Gasteiger partial charge is 0.416 e. The third kappa shape index (κ3) is 8.23. The molecule has 43 heavy (non-hydrogen) atoms. The van der Waals surface area contributed by atoms with Crippen molar-refractivity contribution in [2.24, 2.45) is 5.92 Å². The maximum atomic E-state index is 13.6. The van der Waals surface area contributed by atoms with Crippen LogP contribution in [-0.4, -0.2) is 65.7 Å². The molecule has 1 aliphatic heterocycles. The molecule has 8 nitrogen and oxygen atoms in total. The van der Waals surface area contributed by atoms with Gasteiger partial charge >= 0.3 is 12.2 Å². The summed E-state index contributed by atoms with van der Waals surface area (Å²) in [4.78, 5) is 29.7. The number of anilines is 2. The first-order valence-corrected chi connectivity index (χ1v) is 13.7. The zero-order valence-corrected chi connectivity index (χ0v) is 24.0. The van der Waals surface area contributed by atoms with Crippen molar-refractivity contribution in [1.82, 2.24) is 9.80 Å². The van der Waals surface area contributed by atoms with Gasteiger partial charge in [-0.2, -0.15) is 13.2 Å². The van der Waals surface area contributed by atoms with Gasteiger partial charge in [-0.3, -0.25) is 9.69 Å². The first-order chi connectivity index (χ1) is 20.3. The Morgan fingerprint density at radius 3 is 2.33 bits per heavy atom. The van der Waals surface area contributed by atoms with Crippen LogP contribution in [0, 0.1) is 11.7 Å². The number of aliphatic hydroxyl groups is 1. The molecule has 3 aromatic carbocycles. The molecule has 0 aromatic heterocycles. The average molecular weight is 603 g/mol. The first-order valence-electron chi connectivity index (χ1n) is 13.7. The second-order valence-electron chi connectivity index (χ2n) is 10.8. The van der Waals surface area contributed by atoms with Crippen molar-refractivity contribution in [2.75, 3.05) is 37.4 Å². The van der Waals surface area contributed by atoms with Gasteiger partial charge in [0, 0.05) is 36.9 Å². The van der Waals surface area contributed by atoms with Crippen LogP contribution in [0.4, 0.5) is 33.7 Å². The van der Waals surface area contributed by atoms with Crippen molar-refractivity contribution >= 4 is 23.3 Å². The monoisotopic (exact) mass is 602 g/mol. The molecule has 1 heterocycles. The van der Waals surface area contributed by atoms with E-state index in [-0.39, 0.29) is 30.5 Å². The number of benzene rings is 3. The fraction of sp³-hybridized carbons (Fsp3) is 0.355. The van der Waals surface area contributed by atoms with Crippen molar-refractivity contribution in [1.29, 1.82) is 0 Å². The topological polar surface area (TPSA) is 94.1 Å². The van der Waals surface area contributed by atoms with E-state index >= 15 is 0 Å². The fourth-order valence-electron chi connectivity index (χ4n) is 4.83. The molecule has 3 amide bonds. The number of fused-ring (bicyclic) bond motifs is 1. The molecule has 3 atom stereocenters. The zero-order chi connectivity index (χ0) is 31.3. The average Bonchev–Trinajstić information content (AvgIpc) is 2.95. The number of urea groups is 1. The van der Waals surface area contributed by atoms with Gasteiger partial charge in [0.15, 0.2) is 0 Å². The summed E-state index contributed by atoms with van der Waals surface area (Å²) >= 11 is 0. The largest absolute Gasteiger partial charge is 0.488 e. The number of ether oxygens (including phenoxy) is 1. The van der Waals surface area contributed by atoms with Crippen LogP contribution in [0.3, 0.4) is 0 Å². The predicted molar refractivity (Wildman–Crippen MR) is 154 cm³/mol. The summed E-state index contributed by atoms with van der Waals surface area (Å²) in [5, 5.41) is 15.1. The van der Waals surface area contributed by atoms with E-state index in [9.17, 15) is 32.3 Å². The number of likely N-dealkylation sites (N-methyl/N-ethyl adjacent to an activating group) is 1. The second-order valence-corrected chi connectivity index (χ2v) is 10.8. The third-order valence-corrected chi connectivity index (χ3v) is 7.25. The van der Waals surface area contributed by atoms with Crippen molar-refractivity contribution in [2.45, 2.75) is 38.7 Å². The Morgan fingerprint density at radius 1 is 1.07 bits per heavy atom. The molecule has 0 saturated carbocycles. The third-order valence-electron chi connectivity index (χ3n) is 7.25. The Morgan fingerprint density at radius 2 is 1.70 bits per heavy atom. The highest BCUT2D eigenvalue weighted by Gasteiger charge is 2.34. The molecule has 3 N–H and O–H groups in total. The van der Waals surface area contributed by atoms with Crippen LogP contribution in [0.5, 0.6) is 5.75 Å². The Hall–Kier alpha value is -4.16. The number of aliphatic hydroxyl groups excluding tert-OH is 1. The van der Waals surface area contributed by atoms with Crippen molar-refractivity contribution in [3.63, 3.8) is 0 Å². The van der Waals surface area contributed by atoms with Crippen LogP contribution in [0.25, 0.3) is 0 Å².